The lowest BCUT2D eigenvalue weighted by Crippen LogP contribution is -2.20. The van der Waals surface area contributed by atoms with E-state index in [1.165, 1.54) is 30.0 Å². The molecular weight excluding hydrogens is 321 g/mol. The molecular formula is C14H16FN5O2S. The first-order valence-corrected chi connectivity index (χ1v) is 7.80. The Morgan fingerprint density at radius 1 is 1.39 bits per heavy atom. The van der Waals surface area contributed by atoms with E-state index in [9.17, 15) is 14.0 Å². The summed E-state index contributed by atoms with van der Waals surface area (Å²) in [5, 5.41) is 11.0. The van der Waals surface area contributed by atoms with Crippen molar-refractivity contribution in [1.82, 2.24) is 14.8 Å². The Labute approximate surface area is 136 Å². The number of hydrogen-bond acceptors (Lipinski definition) is 5. The number of nitrogens with zero attached hydrogens (tertiary/aromatic N) is 3. The number of thioether (sulfide) groups is 1. The average Bonchev–Trinajstić information content (AvgIpc) is 2.80. The summed E-state index contributed by atoms with van der Waals surface area (Å²) in [5.74, 6) is -0.111. The average molecular weight is 337 g/mol. The molecule has 0 aliphatic heterocycles. The first kappa shape index (κ1) is 16.9. The third-order valence-corrected chi connectivity index (χ3v) is 3.85. The van der Waals surface area contributed by atoms with Crippen molar-refractivity contribution in [3.8, 4) is 0 Å². The zero-order valence-corrected chi connectivity index (χ0v) is 13.3. The van der Waals surface area contributed by atoms with Gasteiger partial charge in [-0.2, -0.15) is 0 Å². The molecule has 0 spiro atoms. The molecule has 2 amide bonds. The van der Waals surface area contributed by atoms with Gasteiger partial charge in [-0.3, -0.25) is 14.2 Å². The number of aromatic nitrogens is 3. The summed E-state index contributed by atoms with van der Waals surface area (Å²) >= 11 is 1.30. The molecule has 9 heteroatoms. The summed E-state index contributed by atoms with van der Waals surface area (Å²) in [6.07, 6.45) is 0.212. The van der Waals surface area contributed by atoms with Crippen molar-refractivity contribution in [2.75, 3.05) is 11.1 Å². The normalized spacial score (nSPS) is 10.5. The summed E-state index contributed by atoms with van der Waals surface area (Å²) in [6.45, 7) is 1.72. The van der Waals surface area contributed by atoms with Gasteiger partial charge in [0.05, 0.1) is 0 Å². The Morgan fingerprint density at radius 3 is 2.87 bits per heavy atom. The molecule has 0 atom stereocenters. The second-order valence-corrected chi connectivity index (χ2v) is 5.80. The minimum atomic E-state index is -0.487. The lowest BCUT2D eigenvalue weighted by atomic mass is 10.3. The maximum Gasteiger partial charge on any atom is 0.237 e. The number of amides is 2. The summed E-state index contributed by atoms with van der Waals surface area (Å²) in [6, 6.07) is 5.69. The number of carbonyl (C=O) groups is 2. The Balaban J connectivity index is 1.85. The number of benzene rings is 1. The van der Waals surface area contributed by atoms with Gasteiger partial charge in [0.15, 0.2) is 5.16 Å². The van der Waals surface area contributed by atoms with Crippen molar-refractivity contribution in [2.45, 2.75) is 25.0 Å². The maximum atomic E-state index is 13.0. The molecule has 0 bridgehead atoms. The number of aryl methyl sites for hydroxylation is 1. The fraction of sp³-hybridized carbons (Fsp3) is 0.286. The molecule has 2 rings (SSSR count). The zero-order chi connectivity index (χ0) is 16.8. The van der Waals surface area contributed by atoms with Crippen LogP contribution in [0.1, 0.15) is 12.2 Å². The van der Waals surface area contributed by atoms with Crippen molar-refractivity contribution in [2.24, 2.45) is 5.73 Å². The van der Waals surface area contributed by atoms with E-state index < -0.39 is 11.7 Å². The van der Waals surface area contributed by atoms with Gasteiger partial charge >= 0.3 is 0 Å². The third kappa shape index (κ3) is 5.06. The van der Waals surface area contributed by atoms with Gasteiger partial charge < -0.3 is 11.1 Å². The number of primary amides is 1. The van der Waals surface area contributed by atoms with Crippen LogP contribution in [0.15, 0.2) is 29.4 Å². The van der Waals surface area contributed by atoms with E-state index in [2.05, 4.69) is 15.5 Å². The van der Waals surface area contributed by atoms with Crippen LogP contribution >= 0.6 is 11.8 Å². The second kappa shape index (κ2) is 7.73. The summed E-state index contributed by atoms with van der Waals surface area (Å²) in [5.41, 5.74) is 5.59. The summed E-state index contributed by atoms with van der Waals surface area (Å²) < 4.78 is 14.6. The van der Waals surface area contributed by atoms with Crippen LogP contribution in [0, 0.1) is 12.7 Å². The highest BCUT2D eigenvalue weighted by Gasteiger charge is 2.12. The molecule has 1 aromatic carbocycles. The smallest absolute Gasteiger partial charge is 0.237 e. The highest BCUT2D eigenvalue weighted by Crippen LogP contribution is 2.18. The van der Waals surface area contributed by atoms with Gasteiger partial charge in [-0.1, -0.05) is 17.8 Å². The molecule has 1 heterocycles. The zero-order valence-electron chi connectivity index (χ0n) is 12.5. The van der Waals surface area contributed by atoms with Gasteiger partial charge in [0.25, 0.3) is 0 Å². The summed E-state index contributed by atoms with van der Waals surface area (Å²) in [4.78, 5) is 22.8. The van der Waals surface area contributed by atoms with E-state index in [1.807, 2.05) is 0 Å². The Bertz CT molecular complexity index is 719. The van der Waals surface area contributed by atoms with Gasteiger partial charge in [-0.15, -0.1) is 10.2 Å². The van der Waals surface area contributed by atoms with Crippen molar-refractivity contribution >= 4 is 29.3 Å². The van der Waals surface area contributed by atoms with Crippen molar-refractivity contribution < 1.29 is 14.0 Å². The van der Waals surface area contributed by atoms with E-state index in [1.54, 1.807) is 17.6 Å². The first-order valence-electron chi connectivity index (χ1n) is 6.82. The molecule has 0 radical (unpaired) electrons. The van der Waals surface area contributed by atoms with E-state index in [-0.39, 0.29) is 18.9 Å². The van der Waals surface area contributed by atoms with Crippen molar-refractivity contribution in [3.63, 3.8) is 0 Å². The molecule has 0 aliphatic rings. The maximum absolute atomic E-state index is 13.0. The van der Waals surface area contributed by atoms with Gasteiger partial charge in [0.1, 0.15) is 18.2 Å². The van der Waals surface area contributed by atoms with E-state index in [0.29, 0.717) is 22.4 Å². The van der Waals surface area contributed by atoms with Crippen LogP contribution in [-0.2, 0) is 16.1 Å². The monoisotopic (exact) mass is 337 g/mol. The van der Waals surface area contributed by atoms with Gasteiger partial charge in [0, 0.05) is 17.9 Å². The SMILES string of the molecule is Cc1nnc(SCCC(=O)Nc2cccc(F)c2)n1CC(N)=O. The molecule has 2 aromatic rings. The Morgan fingerprint density at radius 2 is 2.17 bits per heavy atom. The molecule has 0 unspecified atom stereocenters. The summed E-state index contributed by atoms with van der Waals surface area (Å²) in [7, 11) is 0. The first-order chi connectivity index (χ1) is 11.0. The van der Waals surface area contributed by atoms with Crippen LogP contribution in [0.5, 0.6) is 0 Å². The predicted molar refractivity (Wildman–Crippen MR) is 84.3 cm³/mol. The molecule has 23 heavy (non-hydrogen) atoms. The predicted octanol–water partition coefficient (Wildman–Crippen LogP) is 1.33. The Kier molecular flexibility index (Phi) is 5.69. The minimum absolute atomic E-state index is 0.00332. The second-order valence-electron chi connectivity index (χ2n) is 4.74. The highest BCUT2D eigenvalue weighted by atomic mass is 32.2. The molecule has 0 aliphatic carbocycles. The molecule has 0 saturated heterocycles. The molecule has 7 nitrogen and oxygen atoms in total. The highest BCUT2D eigenvalue weighted by molar-refractivity contribution is 7.99. The van der Waals surface area contributed by atoms with Crippen molar-refractivity contribution in [1.29, 1.82) is 0 Å². The van der Waals surface area contributed by atoms with E-state index in [0.717, 1.165) is 0 Å². The standard InChI is InChI=1S/C14H16FN5O2S/c1-9-18-19-14(20(9)8-12(16)21)23-6-5-13(22)17-11-4-2-3-10(15)7-11/h2-4,7H,5-6,8H2,1H3,(H2,16,21)(H,17,22). The number of carbonyl (C=O) groups excluding carboxylic acids is 2. The van der Waals surface area contributed by atoms with Gasteiger partial charge in [-0.05, 0) is 25.1 Å². The number of nitrogens with two attached hydrogens (primary N) is 1. The number of anilines is 1. The van der Waals surface area contributed by atoms with Crippen LogP contribution < -0.4 is 11.1 Å². The lowest BCUT2D eigenvalue weighted by molar-refractivity contribution is -0.118. The molecule has 122 valence electrons. The van der Waals surface area contributed by atoms with E-state index >= 15 is 0 Å². The third-order valence-electron chi connectivity index (χ3n) is 2.88. The largest absolute Gasteiger partial charge is 0.368 e. The fourth-order valence-corrected chi connectivity index (χ4v) is 2.75. The number of nitrogens with one attached hydrogen (secondary N) is 1. The van der Waals surface area contributed by atoms with Crippen LogP contribution in [0.3, 0.4) is 0 Å². The van der Waals surface area contributed by atoms with Crippen LogP contribution in [0.2, 0.25) is 0 Å². The van der Waals surface area contributed by atoms with Crippen LogP contribution in [0.4, 0.5) is 10.1 Å². The Hall–Kier alpha value is -2.42. The van der Waals surface area contributed by atoms with Crippen LogP contribution in [-0.4, -0.2) is 32.3 Å². The lowest BCUT2D eigenvalue weighted by Gasteiger charge is -2.06. The molecule has 0 fully saturated rings. The minimum Gasteiger partial charge on any atom is -0.368 e. The number of hydrogen-bond donors (Lipinski definition) is 2. The molecule has 3 N–H and O–H groups in total. The van der Waals surface area contributed by atoms with Crippen LogP contribution in [0.25, 0.3) is 0 Å². The number of halogens is 1. The fourth-order valence-electron chi connectivity index (χ4n) is 1.83. The molecule has 1 aromatic heterocycles. The van der Waals surface area contributed by atoms with Crippen molar-refractivity contribution in [3.05, 3.63) is 35.9 Å². The topological polar surface area (TPSA) is 103 Å². The molecule has 0 saturated carbocycles. The quantitative estimate of drug-likeness (QED) is 0.742. The van der Waals surface area contributed by atoms with E-state index in [4.69, 9.17) is 5.73 Å². The van der Waals surface area contributed by atoms with Gasteiger partial charge in [-0.25, -0.2) is 4.39 Å². The number of rotatable bonds is 7. The van der Waals surface area contributed by atoms with Gasteiger partial charge in [0.2, 0.25) is 11.8 Å².